The number of alkyl halides is 1. The van der Waals surface area contributed by atoms with Crippen molar-refractivity contribution in [1.29, 1.82) is 0 Å². The Kier molecular flexibility index (Phi) is 7.87. The highest BCUT2D eigenvalue weighted by Gasteiger charge is 2.16. The number of benzene rings is 1. The molecule has 1 aromatic carbocycles. The van der Waals surface area contributed by atoms with Crippen LogP contribution in [-0.4, -0.2) is 44.6 Å². The number of likely N-dealkylation sites (N-methyl/N-ethyl adjacent to an activating group) is 1. The molecule has 0 aliphatic carbocycles. The fraction of sp³-hybridized carbons (Fsp3) is 0.538. The fourth-order valence-electron chi connectivity index (χ4n) is 1.50. The Balaban J connectivity index is 2.35. The Hall–Kier alpha value is -0.300. The maximum atomic E-state index is 11.9. The minimum absolute atomic E-state index is 0.133. The summed E-state index contributed by atoms with van der Waals surface area (Å²) in [4.78, 5) is 0. The SMILES string of the molecule is CN(CCOc1ccc(Br)cc1)S(=O)(=O)CCCCCl. The van der Waals surface area contributed by atoms with Crippen LogP contribution in [0.15, 0.2) is 28.7 Å². The molecular formula is C13H19BrClNO3S. The van der Waals surface area contributed by atoms with E-state index in [-0.39, 0.29) is 5.75 Å². The van der Waals surface area contributed by atoms with Crippen molar-refractivity contribution >= 4 is 37.6 Å². The predicted octanol–water partition coefficient (Wildman–Crippen LogP) is 3.11. The minimum Gasteiger partial charge on any atom is -0.492 e. The lowest BCUT2D eigenvalue weighted by atomic mass is 10.3. The third kappa shape index (κ3) is 6.43. The average molecular weight is 385 g/mol. The first-order valence-corrected chi connectivity index (χ1v) is 9.28. The number of nitrogens with zero attached hydrogens (tertiary/aromatic N) is 1. The molecule has 114 valence electrons. The molecule has 1 aromatic rings. The van der Waals surface area contributed by atoms with E-state index in [1.54, 1.807) is 7.05 Å². The van der Waals surface area contributed by atoms with E-state index in [9.17, 15) is 8.42 Å². The zero-order chi connectivity index (χ0) is 15.0. The number of ether oxygens (including phenoxy) is 1. The second kappa shape index (κ2) is 8.87. The maximum absolute atomic E-state index is 11.9. The first-order valence-electron chi connectivity index (χ1n) is 6.34. The van der Waals surface area contributed by atoms with E-state index in [1.807, 2.05) is 24.3 Å². The van der Waals surface area contributed by atoms with Gasteiger partial charge in [0.1, 0.15) is 12.4 Å². The molecule has 0 unspecified atom stereocenters. The average Bonchev–Trinajstić information content (AvgIpc) is 2.41. The Morgan fingerprint density at radius 3 is 2.50 bits per heavy atom. The number of hydrogen-bond acceptors (Lipinski definition) is 3. The van der Waals surface area contributed by atoms with E-state index in [2.05, 4.69) is 15.9 Å². The zero-order valence-electron chi connectivity index (χ0n) is 11.4. The normalized spacial score (nSPS) is 11.8. The summed E-state index contributed by atoms with van der Waals surface area (Å²) in [7, 11) is -1.64. The third-order valence-electron chi connectivity index (χ3n) is 2.75. The lowest BCUT2D eigenvalue weighted by molar-refractivity contribution is 0.287. The van der Waals surface area contributed by atoms with Crippen LogP contribution < -0.4 is 4.74 Å². The lowest BCUT2D eigenvalue weighted by Gasteiger charge is -2.17. The van der Waals surface area contributed by atoms with Crippen LogP contribution in [0.5, 0.6) is 5.75 Å². The van der Waals surface area contributed by atoms with Gasteiger partial charge in [-0.1, -0.05) is 15.9 Å². The molecule has 0 aliphatic heterocycles. The third-order valence-corrected chi connectivity index (χ3v) is 5.48. The Labute approximate surface area is 134 Å². The van der Waals surface area contributed by atoms with Gasteiger partial charge in [-0.15, -0.1) is 11.6 Å². The molecule has 0 saturated carbocycles. The van der Waals surface area contributed by atoms with Crippen molar-refractivity contribution in [2.24, 2.45) is 0 Å². The monoisotopic (exact) mass is 383 g/mol. The van der Waals surface area contributed by atoms with Gasteiger partial charge in [-0.2, -0.15) is 0 Å². The van der Waals surface area contributed by atoms with Gasteiger partial charge >= 0.3 is 0 Å². The summed E-state index contributed by atoms with van der Waals surface area (Å²) in [6.07, 6.45) is 1.30. The van der Waals surface area contributed by atoms with Crippen LogP contribution in [0.4, 0.5) is 0 Å². The number of unbranched alkanes of at least 4 members (excludes halogenated alkanes) is 1. The first kappa shape index (κ1) is 17.8. The summed E-state index contributed by atoms with van der Waals surface area (Å²) in [6.45, 7) is 0.659. The smallest absolute Gasteiger partial charge is 0.213 e. The highest BCUT2D eigenvalue weighted by atomic mass is 79.9. The van der Waals surface area contributed by atoms with Gasteiger partial charge in [-0.05, 0) is 37.1 Å². The molecule has 0 aromatic heterocycles. The van der Waals surface area contributed by atoms with Crippen LogP contribution in [0, 0.1) is 0 Å². The molecular weight excluding hydrogens is 366 g/mol. The molecule has 0 spiro atoms. The second-order valence-corrected chi connectivity index (χ2v) is 7.83. The van der Waals surface area contributed by atoms with E-state index < -0.39 is 10.0 Å². The standard InChI is InChI=1S/C13H19BrClNO3S/c1-16(20(17,18)11-3-2-8-15)9-10-19-13-6-4-12(14)5-7-13/h4-7H,2-3,8-11H2,1H3. The summed E-state index contributed by atoms with van der Waals surface area (Å²) in [5.74, 6) is 1.35. The summed E-state index contributed by atoms with van der Waals surface area (Å²) >= 11 is 8.88. The van der Waals surface area contributed by atoms with Crippen molar-refractivity contribution in [2.75, 3.05) is 31.8 Å². The molecule has 0 N–H and O–H groups in total. The van der Waals surface area contributed by atoms with Gasteiger partial charge in [0.2, 0.25) is 10.0 Å². The van der Waals surface area contributed by atoms with Gasteiger partial charge < -0.3 is 4.74 Å². The molecule has 1 rings (SSSR count). The largest absolute Gasteiger partial charge is 0.492 e. The Bertz CT molecular complexity index is 493. The van der Waals surface area contributed by atoms with Gasteiger partial charge in [-0.3, -0.25) is 0 Å². The number of hydrogen-bond donors (Lipinski definition) is 0. The maximum Gasteiger partial charge on any atom is 0.213 e. The fourth-order valence-corrected chi connectivity index (χ4v) is 3.18. The van der Waals surface area contributed by atoms with E-state index >= 15 is 0 Å². The zero-order valence-corrected chi connectivity index (χ0v) is 14.5. The predicted molar refractivity (Wildman–Crippen MR) is 86.0 cm³/mol. The van der Waals surface area contributed by atoms with Gasteiger partial charge in [-0.25, -0.2) is 12.7 Å². The van der Waals surface area contributed by atoms with Gasteiger partial charge in [0, 0.05) is 23.9 Å². The van der Waals surface area contributed by atoms with E-state index in [1.165, 1.54) is 4.31 Å². The summed E-state index contributed by atoms with van der Waals surface area (Å²) in [6, 6.07) is 7.42. The highest BCUT2D eigenvalue weighted by molar-refractivity contribution is 9.10. The first-order chi connectivity index (χ1) is 9.45. The van der Waals surface area contributed by atoms with Crippen molar-refractivity contribution in [3.05, 3.63) is 28.7 Å². The van der Waals surface area contributed by atoms with Gasteiger partial charge in [0.15, 0.2) is 0 Å². The van der Waals surface area contributed by atoms with Crippen LogP contribution in [0.1, 0.15) is 12.8 Å². The Morgan fingerprint density at radius 1 is 1.25 bits per heavy atom. The van der Waals surface area contributed by atoms with Crippen LogP contribution >= 0.6 is 27.5 Å². The van der Waals surface area contributed by atoms with Crippen molar-refractivity contribution in [3.63, 3.8) is 0 Å². The molecule has 0 heterocycles. The molecule has 7 heteroatoms. The van der Waals surface area contributed by atoms with E-state index in [4.69, 9.17) is 16.3 Å². The lowest BCUT2D eigenvalue weighted by Crippen LogP contribution is -2.32. The van der Waals surface area contributed by atoms with Crippen LogP contribution in [-0.2, 0) is 10.0 Å². The molecule has 20 heavy (non-hydrogen) atoms. The van der Waals surface area contributed by atoms with Crippen LogP contribution in [0.2, 0.25) is 0 Å². The number of rotatable bonds is 9. The summed E-state index contributed by atoms with van der Waals surface area (Å²) in [5, 5.41) is 0. The molecule has 0 aliphatic rings. The minimum atomic E-state index is -3.21. The molecule has 0 bridgehead atoms. The molecule has 0 radical (unpaired) electrons. The summed E-state index contributed by atoms with van der Waals surface area (Å²) in [5.41, 5.74) is 0. The molecule has 0 saturated heterocycles. The quantitative estimate of drug-likeness (QED) is 0.485. The van der Waals surface area contributed by atoms with E-state index in [0.717, 1.165) is 10.2 Å². The van der Waals surface area contributed by atoms with E-state index in [0.29, 0.717) is 31.9 Å². The molecule has 4 nitrogen and oxygen atoms in total. The number of halogens is 2. The van der Waals surface area contributed by atoms with Gasteiger partial charge in [0.25, 0.3) is 0 Å². The van der Waals surface area contributed by atoms with Crippen molar-refractivity contribution in [1.82, 2.24) is 4.31 Å². The van der Waals surface area contributed by atoms with Crippen LogP contribution in [0.3, 0.4) is 0 Å². The van der Waals surface area contributed by atoms with Crippen LogP contribution in [0.25, 0.3) is 0 Å². The van der Waals surface area contributed by atoms with Crippen molar-refractivity contribution in [2.45, 2.75) is 12.8 Å². The molecule has 0 fully saturated rings. The second-order valence-electron chi connectivity index (χ2n) is 4.34. The van der Waals surface area contributed by atoms with Gasteiger partial charge in [0.05, 0.1) is 5.75 Å². The molecule has 0 amide bonds. The highest BCUT2D eigenvalue weighted by Crippen LogP contribution is 2.16. The van der Waals surface area contributed by atoms with Crippen molar-refractivity contribution < 1.29 is 13.2 Å². The molecule has 0 atom stereocenters. The van der Waals surface area contributed by atoms with Crippen molar-refractivity contribution in [3.8, 4) is 5.75 Å². The number of sulfonamides is 1. The summed E-state index contributed by atoms with van der Waals surface area (Å²) < 4.78 is 31.6. The Morgan fingerprint density at radius 2 is 1.90 bits per heavy atom. The topological polar surface area (TPSA) is 46.6 Å².